The predicted octanol–water partition coefficient (Wildman–Crippen LogP) is 2.56. The van der Waals surface area contributed by atoms with Crippen LogP contribution in [0, 0.1) is 5.92 Å². The molecular formula is C16H19ClN6O. The number of rotatable bonds is 4. The standard InChI is InChI=1S/C16H19ClN6O/c17-14-5-4-13(10-20-14)22-16(24)21-9-12-3-1-8-23(11-12)15-18-6-2-7-19-15/h2,4-7,10,12H,1,3,8-9,11H2,(H2,21,22,24). The van der Waals surface area contributed by atoms with Gasteiger partial charge in [0.25, 0.3) is 0 Å². The third-order valence-electron chi connectivity index (χ3n) is 3.89. The largest absolute Gasteiger partial charge is 0.340 e. The molecule has 8 heteroatoms. The highest BCUT2D eigenvalue weighted by atomic mass is 35.5. The van der Waals surface area contributed by atoms with Crippen LogP contribution in [0.1, 0.15) is 12.8 Å². The number of aromatic nitrogens is 3. The first-order chi connectivity index (χ1) is 11.7. The molecule has 0 aromatic carbocycles. The third kappa shape index (κ3) is 4.55. The number of nitrogens with one attached hydrogen (secondary N) is 2. The molecule has 2 amide bonds. The number of hydrogen-bond donors (Lipinski definition) is 2. The lowest BCUT2D eigenvalue weighted by Crippen LogP contribution is -2.42. The van der Waals surface area contributed by atoms with Crippen molar-refractivity contribution in [1.29, 1.82) is 0 Å². The predicted molar refractivity (Wildman–Crippen MR) is 93.2 cm³/mol. The van der Waals surface area contributed by atoms with Crippen molar-refractivity contribution < 1.29 is 4.79 Å². The van der Waals surface area contributed by atoms with Crippen LogP contribution in [0.4, 0.5) is 16.4 Å². The second-order valence-corrected chi connectivity index (χ2v) is 6.09. The molecular weight excluding hydrogens is 328 g/mol. The first-order valence-corrected chi connectivity index (χ1v) is 8.27. The molecule has 0 saturated carbocycles. The topological polar surface area (TPSA) is 83.0 Å². The van der Waals surface area contributed by atoms with Gasteiger partial charge in [-0.15, -0.1) is 0 Å². The first-order valence-electron chi connectivity index (χ1n) is 7.89. The molecule has 1 aliphatic heterocycles. The number of nitrogens with zero attached hydrogens (tertiary/aromatic N) is 4. The van der Waals surface area contributed by atoms with Gasteiger partial charge >= 0.3 is 6.03 Å². The van der Waals surface area contributed by atoms with Crippen molar-refractivity contribution in [3.05, 3.63) is 41.9 Å². The summed E-state index contributed by atoms with van der Waals surface area (Å²) in [6.45, 7) is 2.39. The Bertz CT molecular complexity index is 666. The molecule has 0 spiro atoms. The van der Waals surface area contributed by atoms with Gasteiger partial charge in [-0.3, -0.25) is 0 Å². The van der Waals surface area contributed by atoms with Crippen molar-refractivity contribution in [2.45, 2.75) is 12.8 Å². The molecule has 2 aromatic rings. The second kappa shape index (κ2) is 7.92. The van der Waals surface area contributed by atoms with Gasteiger partial charge in [0.05, 0.1) is 11.9 Å². The van der Waals surface area contributed by atoms with Crippen LogP contribution in [0.3, 0.4) is 0 Å². The Labute approximate surface area is 145 Å². The van der Waals surface area contributed by atoms with Crippen molar-refractivity contribution >= 4 is 29.3 Å². The second-order valence-electron chi connectivity index (χ2n) is 5.71. The van der Waals surface area contributed by atoms with Crippen LogP contribution in [0.2, 0.25) is 5.15 Å². The molecule has 126 valence electrons. The van der Waals surface area contributed by atoms with Gasteiger partial charge in [-0.2, -0.15) is 0 Å². The smallest absolute Gasteiger partial charge is 0.319 e. The maximum atomic E-state index is 12.0. The van der Waals surface area contributed by atoms with Crippen LogP contribution in [-0.2, 0) is 0 Å². The van der Waals surface area contributed by atoms with E-state index in [1.54, 1.807) is 24.5 Å². The van der Waals surface area contributed by atoms with E-state index in [2.05, 4.69) is 30.5 Å². The highest BCUT2D eigenvalue weighted by Crippen LogP contribution is 2.19. The summed E-state index contributed by atoms with van der Waals surface area (Å²) in [4.78, 5) is 26.6. The molecule has 1 saturated heterocycles. The number of halogens is 1. The summed E-state index contributed by atoms with van der Waals surface area (Å²) in [5.74, 6) is 1.12. The van der Waals surface area contributed by atoms with E-state index in [1.807, 2.05) is 6.07 Å². The average molecular weight is 347 g/mol. The zero-order chi connectivity index (χ0) is 16.8. The number of hydrogen-bond acceptors (Lipinski definition) is 5. The van der Waals surface area contributed by atoms with Gasteiger partial charge in [0.15, 0.2) is 0 Å². The number of urea groups is 1. The van der Waals surface area contributed by atoms with Crippen molar-refractivity contribution in [1.82, 2.24) is 20.3 Å². The molecule has 7 nitrogen and oxygen atoms in total. The summed E-state index contributed by atoms with van der Waals surface area (Å²) >= 11 is 5.72. The fourth-order valence-electron chi connectivity index (χ4n) is 2.73. The Morgan fingerprint density at radius 2 is 2.12 bits per heavy atom. The molecule has 0 bridgehead atoms. The van der Waals surface area contributed by atoms with Crippen LogP contribution < -0.4 is 15.5 Å². The summed E-state index contributed by atoms with van der Waals surface area (Å²) in [5.41, 5.74) is 0.611. The van der Waals surface area contributed by atoms with Gasteiger partial charge in [-0.25, -0.2) is 19.7 Å². The zero-order valence-corrected chi connectivity index (χ0v) is 13.9. The molecule has 0 radical (unpaired) electrons. The average Bonchev–Trinajstić information content (AvgIpc) is 2.63. The van der Waals surface area contributed by atoms with E-state index >= 15 is 0 Å². The quantitative estimate of drug-likeness (QED) is 0.831. The van der Waals surface area contributed by atoms with E-state index < -0.39 is 0 Å². The Hall–Kier alpha value is -2.41. The van der Waals surface area contributed by atoms with Gasteiger partial charge in [0, 0.05) is 32.0 Å². The SMILES string of the molecule is O=C(NCC1CCCN(c2ncccn2)C1)Nc1ccc(Cl)nc1. The minimum absolute atomic E-state index is 0.243. The lowest BCUT2D eigenvalue weighted by atomic mass is 9.98. The van der Waals surface area contributed by atoms with Crippen LogP contribution in [0.25, 0.3) is 0 Å². The van der Waals surface area contributed by atoms with E-state index in [-0.39, 0.29) is 6.03 Å². The number of anilines is 2. The van der Waals surface area contributed by atoms with Gasteiger partial charge in [0.2, 0.25) is 5.95 Å². The van der Waals surface area contributed by atoms with Crippen LogP contribution in [0.5, 0.6) is 0 Å². The fraction of sp³-hybridized carbons (Fsp3) is 0.375. The highest BCUT2D eigenvalue weighted by Gasteiger charge is 2.22. The van der Waals surface area contributed by atoms with Crippen LogP contribution in [-0.4, -0.2) is 40.6 Å². The van der Waals surface area contributed by atoms with Gasteiger partial charge in [0.1, 0.15) is 5.15 Å². The van der Waals surface area contributed by atoms with Crippen LogP contribution in [0.15, 0.2) is 36.8 Å². The van der Waals surface area contributed by atoms with Crippen molar-refractivity contribution in [2.24, 2.45) is 5.92 Å². The minimum Gasteiger partial charge on any atom is -0.340 e. The summed E-state index contributed by atoms with van der Waals surface area (Å²) in [6.07, 6.45) is 7.16. The van der Waals surface area contributed by atoms with E-state index in [1.165, 1.54) is 6.20 Å². The van der Waals surface area contributed by atoms with Crippen molar-refractivity contribution in [2.75, 3.05) is 29.9 Å². The van der Waals surface area contributed by atoms with Gasteiger partial charge < -0.3 is 15.5 Å². The molecule has 3 rings (SSSR count). The van der Waals surface area contributed by atoms with E-state index in [9.17, 15) is 4.79 Å². The monoisotopic (exact) mass is 346 g/mol. The Kier molecular flexibility index (Phi) is 5.43. The Balaban J connectivity index is 1.47. The number of carbonyl (C=O) groups excluding carboxylic acids is 1. The van der Waals surface area contributed by atoms with E-state index in [0.717, 1.165) is 31.9 Å². The normalized spacial score (nSPS) is 17.4. The zero-order valence-electron chi connectivity index (χ0n) is 13.2. The van der Waals surface area contributed by atoms with E-state index in [4.69, 9.17) is 11.6 Å². The maximum absolute atomic E-state index is 12.0. The number of amides is 2. The van der Waals surface area contributed by atoms with Crippen LogP contribution >= 0.6 is 11.6 Å². The van der Waals surface area contributed by atoms with E-state index in [0.29, 0.717) is 23.3 Å². The van der Waals surface area contributed by atoms with Gasteiger partial charge in [-0.05, 0) is 37.0 Å². The lowest BCUT2D eigenvalue weighted by molar-refractivity contribution is 0.249. The summed E-state index contributed by atoms with van der Waals surface area (Å²) in [7, 11) is 0. The molecule has 1 atom stereocenters. The lowest BCUT2D eigenvalue weighted by Gasteiger charge is -2.32. The molecule has 1 unspecified atom stereocenters. The Morgan fingerprint density at radius 1 is 1.29 bits per heavy atom. The highest BCUT2D eigenvalue weighted by molar-refractivity contribution is 6.29. The Morgan fingerprint density at radius 3 is 2.88 bits per heavy atom. The molecule has 0 aliphatic carbocycles. The summed E-state index contributed by atoms with van der Waals surface area (Å²) in [5, 5.41) is 6.05. The number of piperidine rings is 1. The molecule has 2 N–H and O–H groups in total. The van der Waals surface area contributed by atoms with Gasteiger partial charge in [-0.1, -0.05) is 11.6 Å². The molecule has 2 aromatic heterocycles. The molecule has 24 heavy (non-hydrogen) atoms. The molecule has 1 aliphatic rings. The molecule has 3 heterocycles. The number of pyridine rings is 1. The fourth-order valence-corrected chi connectivity index (χ4v) is 2.84. The van der Waals surface area contributed by atoms with Crippen molar-refractivity contribution in [3.8, 4) is 0 Å². The van der Waals surface area contributed by atoms with Crippen molar-refractivity contribution in [3.63, 3.8) is 0 Å². The molecule has 1 fully saturated rings. The maximum Gasteiger partial charge on any atom is 0.319 e. The number of carbonyl (C=O) groups is 1. The third-order valence-corrected chi connectivity index (χ3v) is 4.11. The summed E-state index contributed by atoms with van der Waals surface area (Å²) < 4.78 is 0. The first kappa shape index (κ1) is 16.4. The summed E-state index contributed by atoms with van der Waals surface area (Å²) in [6, 6.07) is 4.91. The minimum atomic E-state index is -0.243.